The first-order valence-corrected chi connectivity index (χ1v) is 4.12. The Morgan fingerprint density at radius 1 is 1.09 bits per heavy atom. The zero-order valence-corrected chi connectivity index (χ0v) is 6.69. The van der Waals surface area contributed by atoms with Crippen molar-refractivity contribution in [2.24, 2.45) is 0 Å². The van der Waals surface area contributed by atoms with Crippen molar-refractivity contribution in [2.75, 3.05) is 0 Å². The molecular weight excluding hydrogens is 132 g/mol. The molecular formula is C11H12. The molecule has 56 valence electrons. The zero-order valence-electron chi connectivity index (χ0n) is 6.69. The minimum absolute atomic E-state index is 1.15. The van der Waals surface area contributed by atoms with Gasteiger partial charge in [-0.2, -0.15) is 0 Å². The predicted octanol–water partition coefficient (Wildman–Crippen LogP) is 3.14. The molecule has 0 unspecified atom stereocenters. The molecule has 0 bridgehead atoms. The van der Waals surface area contributed by atoms with Crippen LogP contribution in [0.2, 0.25) is 0 Å². The topological polar surface area (TPSA) is 0 Å². The lowest BCUT2D eigenvalue weighted by Gasteiger charge is -2.22. The Kier molecular flexibility index (Phi) is 1.56. The Labute approximate surface area is 67.6 Å². The molecule has 0 saturated heterocycles. The Bertz CT molecular complexity index is 263. The van der Waals surface area contributed by atoms with Crippen LogP contribution >= 0.6 is 0 Å². The van der Waals surface area contributed by atoms with Crippen LogP contribution in [0.15, 0.2) is 41.2 Å². The van der Waals surface area contributed by atoms with Gasteiger partial charge in [0.05, 0.1) is 0 Å². The molecule has 1 saturated carbocycles. The van der Waals surface area contributed by atoms with Crippen molar-refractivity contribution in [2.45, 2.75) is 25.7 Å². The Balaban J connectivity index is 2.09. The molecule has 0 aromatic heterocycles. The third-order valence-corrected chi connectivity index (χ3v) is 2.50. The quantitative estimate of drug-likeness (QED) is 0.362. The van der Waals surface area contributed by atoms with Crippen molar-refractivity contribution in [3.05, 3.63) is 41.2 Å². The first-order valence-electron chi connectivity index (χ1n) is 4.12. The van der Waals surface area contributed by atoms with Gasteiger partial charge in [0.15, 0.2) is 0 Å². The number of allylic oxidation sites excluding steroid dienone is 5. The summed E-state index contributed by atoms with van der Waals surface area (Å²) in [6.07, 6.45) is 9.22. The van der Waals surface area contributed by atoms with Crippen LogP contribution in [0.1, 0.15) is 25.7 Å². The minimum Gasteiger partial charge on any atom is -0.129 e. The smallest absolute Gasteiger partial charge is 0.00228 e. The zero-order chi connectivity index (χ0) is 7.68. The van der Waals surface area contributed by atoms with Crippen molar-refractivity contribution in [1.82, 2.24) is 0 Å². The molecule has 0 aromatic rings. The van der Waals surface area contributed by atoms with Gasteiger partial charge in [-0.3, -0.25) is 0 Å². The van der Waals surface area contributed by atoms with Crippen molar-refractivity contribution in [3.8, 4) is 0 Å². The molecule has 0 heteroatoms. The summed E-state index contributed by atoms with van der Waals surface area (Å²) in [5, 5.41) is 0. The van der Waals surface area contributed by atoms with Crippen LogP contribution in [0.25, 0.3) is 0 Å². The number of hydrogen-bond donors (Lipinski definition) is 0. The molecule has 0 aromatic carbocycles. The van der Waals surface area contributed by atoms with E-state index >= 15 is 0 Å². The Morgan fingerprint density at radius 3 is 2.27 bits per heavy atom. The van der Waals surface area contributed by atoms with Crippen molar-refractivity contribution < 1.29 is 0 Å². The Morgan fingerprint density at radius 2 is 1.73 bits per heavy atom. The number of hydrogen-bond acceptors (Lipinski definition) is 0. The molecule has 2 aliphatic rings. The lowest BCUT2D eigenvalue weighted by Crippen LogP contribution is -2.04. The van der Waals surface area contributed by atoms with Crippen LogP contribution in [0.4, 0.5) is 0 Å². The third kappa shape index (κ3) is 1.10. The van der Waals surface area contributed by atoms with Gasteiger partial charge in [-0.25, -0.2) is 0 Å². The average Bonchev–Trinajstić information content (AvgIpc) is 2.37. The SMILES string of the molecule is C=C=C1CC(=C2CC=CC2)C1. The lowest BCUT2D eigenvalue weighted by atomic mass is 9.82. The minimum atomic E-state index is 1.15. The van der Waals surface area contributed by atoms with Gasteiger partial charge >= 0.3 is 0 Å². The molecule has 0 nitrogen and oxygen atoms in total. The summed E-state index contributed by atoms with van der Waals surface area (Å²) in [5.41, 5.74) is 7.64. The molecule has 0 heterocycles. The first kappa shape index (κ1) is 6.69. The van der Waals surface area contributed by atoms with Gasteiger partial charge in [0, 0.05) is 0 Å². The van der Waals surface area contributed by atoms with E-state index in [1.807, 2.05) is 0 Å². The second-order valence-electron chi connectivity index (χ2n) is 3.22. The summed E-state index contributed by atoms with van der Waals surface area (Å²) in [7, 11) is 0. The maximum atomic E-state index is 3.64. The van der Waals surface area contributed by atoms with Gasteiger partial charge in [0.1, 0.15) is 0 Å². The third-order valence-electron chi connectivity index (χ3n) is 2.50. The van der Waals surface area contributed by atoms with E-state index < -0.39 is 0 Å². The summed E-state index contributed by atoms with van der Waals surface area (Å²) in [4.78, 5) is 0. The number of rotatable bonds is 0. The van der Waals surface area contributed by atoms with Crippen molar-refractivity contribution in [3.63, 3.8) is 0 Å². The molecule has 0 N–H and O–H groups in total. The monoisotopic (exact) mass is 144 g/mol. The van der Waals surface area contributed by atoms with E-state index in [2.05, 4.69) is 24.5 Å². The van der Waals surface area contributed by atoms with Gasteiger partial charge in [-0.05, 0) is 31.3 Å². The van der Waals surface area contributed by atoms with Crippen LogP contribution in [0, 0.1) is 0 Å². The van der Waals surface area contributed by atoms with Crippen molar-refractivity contribution >= 4 is 0 Å². The highest BCUT2D eigenvalue weighted by molar-refractivity contribution is 5.38. The van der Waals surface area contributed by atoms with E-state index in [1.54, 1.807) is 11.1 Å². The molecule has 2 rings (SSSR count). The largest absolute Gasteiger partial charge is 0.129 e. The summed E-state index contributed by atoms with van der Waals surface area (Å²) in [6.45, 7) is 3.64. The fourth-order valence-electron chi connectivity index (χ4n) is 1.66. The van der Waals surface area contributed by atoms with E-state index in [9.17, 15) is 0 Å². The predicted molar refractivity (Wildman–Crippen MR) is 47.3 cm³/mol. The maximum Gasteiger partial charge on any atom is -0.00228 e. The van der Waals surface area contributed by atoms with E-state index in [1.165, 1.54) is 18.4 Å². The lowest BCUT2D eigenvalue weighted by molar-refractivity contribution is 0.826. The molecule has 0 radical (unpaired) electrons. The fourth-order valence-corrected chi connectivity index (χ4v) is 1.66. The normalized spacial score (nSPS) is 22.0. The first-order chi connectivity index (χ1) is 5.40. The van der Waals surface area contributed by atoms with Crippen molar-refractivity contribution in [1.29, 1.82) is 0 Å². The molecule has 0 spiro atoms. The van der Waals surface area contributed by atoms with Crippen LogP contribution in [-0.2, 0) is 0 Å². The summed E-state index contributed by atoms with van der Waals surface area (Å²) in [6, 6.07) is 0. The highest BCUT2D eigenvalue weighted by Crippen LogP contribution is 2.37. The van der Waals surface area contributed by atoms with Gasteiger partial charge in [-0.15, -0.1) is 5.73 Å². The average molecular weight is 144 g/mol. The van der Waals surface area contributed by atoms with Gasteiger partial charge in [0.25, 0.3) is 0 Å². The molecule has 11 heavy (non-hydrogen) atoms. The van der Waals surface area contributed by atoms with Gasteiger partial charge in [0.2, 0.25) is 0 Å². The standard InChI is InChI=1S/C11H12/c1-2-9-7-11(8-9)10-5-3-4-6-10/h3-4H,1,5-8H2. The molecule has 0 aliphatic heterocycles. The summed E-state index contributed by atoms with van der Waals surface area (Å²) < 4.78 is 0. The van der Waals surface area contributed by atoms with Crippen LogP contribution < -0.4 is 0 Å². The fraction of sp³-hybridized carbons (Fsp3) is 0.364. The molecule has 0 amide bonds. The summed E-state index contributed by atoms with van der Waals surface area (Å²) >= 11 is 0. The second-order valence-corrected chi connectivity index (χ2v) is 3.22. The van der Waals surface area contributed by atoms with Crippen LogP contribution in [-0.4, -0.2) is 0 Å². The maximum absolute atomic E-state index is 3.64. The van der Waals surface area contributed by atoms with Gasteiger partial charge < -0.3 is 0 Å². The van der Waals surface area contributed by atoms with E-state index in [0.717, 1.165) is 12.8 Å². The van der Waals surface area contributed by atoms with Gasteiger partial charge in [-0.1, -0.05) is 29.9 Å². The van der Waals surface area contributed by atoms with Crippen LogP contribution in [0.5, 0.6) is 0 Å². The highest BCUT2D eigenvalue weighted by Gasteiger charge is 2.19. The second kappa shape index (κ2) is 2.56. The van der Waals surface area contributed by atoms with Crippen LogP contribution in [0.3, 0.4) is 0 Å². The highest BCUT2D eigenvalue weighted by atomic mass is 14.2. The molecule has 0 atom stereocenters. The molecule has 2 aliphatic carbocycles. The van der Waals surface area contributed by atoms with E-state index in [0.29, 0.717) is 0 Å². The van der Waals surface area contributed by atoms with E-state index in [4.69, 9.17) is 0 Å². The summed E-state index contributed by atoms with van der Waals surface area (Å²) in [5.74, 6) is 0. The molecule has 1 fully saturated rings. The van der Waals surface area contributed by atoms with E-state index in [-0.39, 0.29) is 0 Å². The Hall–Kier alpha value is -1.00.